The number of carbonyl (C=O) groups excluding carboxylic acids is 1. The van der Waals surface area contributed by atoms with Gasteiger partial charge in [0, 0.05) is 29.7 Å². The van der Waals surface area contributed by atoms with Gasteiger partial charge in [-0.2, -0.15) is 0 Å². The predicted octanol–water partition coefficient (Wildman–Crippen LogP) is 2.31. The van der Waals surface area contributed by atoms with Gasteiger partial charge in [-0.05, 0) is 36.4 Å². The zero-order chi connectivity index (χ0) is 15.2. The van der Waals surface area contributed by atoms with Crippen molar-refractivity contribution in [2.75, 3.05) is 19.0 Å². The van der Waals surface area contributed by atoms with Gasteiger partial charge >= 0.3 is 0 Å². The molecule has 0 aromatic carbocycles. The number of nitrogens with zero attached hydrogens (tertiary/aromatic N) is 2. The van der Waals surface area contributed by atoms with Crippen molar-refractivity contribution in [3.05, 3.63) is 45.8 Å². The molecule has 1 amide bonds. The van der Waals surface area contributed by atoms with E-state index in [1.54, 1.807) is 22.3 Å². The molecule has 21 heavy (non-hydrogen) atoms. The van der Waals surface area contributed by atoms with Crippen LogP contribution in [0.15, 0.2) is 29.6 Å². The van der Waals surface area contributed by atoms with Crippen LogP contribution in [-0.4, -0.2) is 29.4 Å². The van der Waals surface area contributed by atoms with Crippen molar-refractivity contribution in [1.29, 1.82) is 0 Å². The first-order valence-electron chi connectivity index (χ1n) is 6.89. The van der Waals surface area contributed by atoms with Gasteiger partial charge in [0.2, 0.25) is 0 Å². The Morgan fingerprint density at radius 2 is 2.29 bits per heavy atom. The summed E-state index contributed by atoms with van der Waals surface area (Å²) in [6, 6.07) is 7.62. The first kappa shape index (κ1) is 15.5. The second-order valence-electron chi connectivity index (χ2n) is 4.79. The van der Waals surface area contributed by atoms with Crippen molar-refractivity contribution in [1.82, 2.24) is 9.88 Å². The molecule has 0 spiro atoms. The summed E-state index contributed by atoms with van der Waals surface area (Å²) in [5, 5.41) is 2.05. The van der Waals surface area contributed by atoms with E-state index in [4.69, 9.17) is 5.84 Å². The van der Waals surface area contributed by atoms with E-state index in [-0.39, 0.29) is 5.91 Å². The molecule has 2 aromatic heterocycles. The van der Waals surface area contributed by atoms with Gasteiger partial charge in [0.05, 0.1) is 0 Å². The number of hydrogen-bond acceptors (Lipinski definition) is 5. The number of rotatable bonds is 6. The zero-order valence-corrected chi connectivity index (χ0v) is 13.1. The summed E-state index contributed by atoms with van der Waals surface area (Å²) in [5.74, 6) is 5.91. The molecular weight excluding hydrogens is 284 g/mol. The molecule has 112 valence electrons. The highest BCUT2D eigenvalue weighted by Crippen LogP contribution is 2.14. The highest BCUT2D eigenvalue weighted by Gasteiger charge is 2.14. The molecule has 6 heteroatoms. The van der Waals surface area contributed by atoms with Crippen LogP contribution in [0.5, 0.6) is 0 Å². The van der Waals surface area contributed by atoms with Gasteiger partial charge in [-0.15, -0.1) is 11.3 Å². The van der Waals surface area contributed by atoms with E-state index < -0.39 is 0 Å². The Kier molecular flexibility index (Phi) is 5.30. The molecule has 0 saturated carbocycles. The maximum Gasteiger partial charge on any atom is 0.253 e. The largest absolute Gasteiger partial charge is 0.341 e. The molecule has 2 heterocycles. The Bertz CT molecular complexity index is 575. The molecule has 5 nitrogen and oxygen atoms in total. The van der Waals surface area contributed by atoms with Crippen molar-refractivity contribution in [2.24, 2.45) is 5.84 Å². The van der Waals surface area contributed by atoms with Crippen molar-refractivity contribution < 1.29 is 4.79 Å². The van der Waals surface area contributed by atoms with Gasteiger partial charge < -0.3 is 10.3 Å². The summed E-state index contributed by atoms with van der Waals surface area (Å²) < 4.78 is 0. The number of nitrogens with one attached hydrogen (secondary N) is 1. The monoisotopic (exact) mass is 304 g/mol. The number of carbonyl (C=O) groups is 1. The number of amides is 1. The van der Waals surface area contributed by atoms with Crippen LogP contribution < -0.4 is 11.3 Å². The molecule has 3 N–H and O–H groups in total. The molecule has 0 aliphatic heterocycles. The lowest BCUT2D eigenvalue weighted by Crippen LogP contribution is -2.29. The van der Waals surface area contributed by atoms with Crippen LogP contribution in [0.3, 0.4) is 0 Å². The van der Waals surface area contributed by atoms with Gasteiger partial charge in [0.15, 0.2) is 0 Å². The van der Waals surface area contributed by atoms with Crippen LogP contribution in [0.1, 0.15) is 27.9 Å². The third-order valence-electron chi connectivity index (χ3n) is 3.26. The van der Waals surface area contributed by atoms with Crippen LogP contribution in [0.2, 0.25) is 0 Å². The zero-order valence-electron chi connectivity index (χ0n) is 12.3. The number of hydrogen-bond donors (Lipinski definition) is 2. The van der Waals surface area contributed by atoms with Gasteiger partial charge in [0.25, 0.3) is 5.91 Å². The number of anilines is 1. The second-order valence-corrected chi connectivity index (χ2v) is 5.82. The average molecular weight is 304 g/mol. The summed E-state index contributed by atoms with van der Waals surface area (Å²) in [6.45, 7) is 2.69. The minimum Gasteiger partial charge on any atom is -0.341 e. The fraction of sp³-hybridized carbons (Fsp3) is 0.333. The fourth-order valence-corrected chi connectivity index (χ4v) is 2.72. The smallest absolute Gasteiger partial charge is 0.253 e. The number of nitrogens with two attached hydrogens (primary N) is 1. The number of aryl methyl sites for hydroxylation is 1. The topological polar surface area (TPSA) is 71.2 Å². The molecule has 2 aromatic rings. The molecule has 0 aliphatic carbocycles. The van der Waals surface area contributed by atoms with E-state index in [9.17, 15) is 4.79 Å². The number of hydrazine groups is 1. The molecular formula is C15H20N4OS. The number of pyridine rings is 1. The van der Waals surface area contributed by atoms with E-state index >= 15 is 0 Å². The summed E-state index contributed by atoms with van der Waals surface area (Å²) in [6.07, 6.45) is 1.63. The lowest BCUT2D eigenvalue weighted by Gasteiger charge is -2.17. The van der Waals surface area contributed by atoms with Gasteiger partial charge in [-0.25, -0.2) is 10.8 Å². The van der Waals surface area contributed by atoms with Crippen LogP contribution in [0, 0.1) is 0 Å². The van der Waals surface area contributed by atoms with Crippen LogP contribution in [-0.2, 0) is 12.8 Å². The van der Waals surface area contributed by atoms with E-state index in [0.29, 0.717) is 17.9 Å². The lowest BCUT2D eigenvalue weighted by molar-refractivity contribution is 0.0796. The van der Waals surface area contributed by atoms with E-state index in [1.807, 2.05) is 31.5 Å². The van der Waals surface area contributed by atoms with Crippen molar-refractivity contribution in [3.63, 3.8) is 0 Å². The number of nitrogen functional groups attached to an aromatic ring is 1. The Morgan fingerprint density at radius 3 is 2.90 bits per heavy atom. The van der Waals surface area contributed by atoms with Crippen molar-refractivity contribution in [2.45, 2.75) is 19.8 Å². The Morgan fingerprint density at radius 1 is 1.48 bits per heavy atom. The third-order valence-corrected chi connectivity index (χ3v) is 4.19. The van der Waals surface area contributed by atoms with Crippen molar-refractivity contribution in [3.8, 4) is 0 Å². The highest BCUT2D eigenvalue weighted by atomic mass is 32.1. The maximum absolute atomic E-state index is 12.5. The first-order chi connectivity index (χ1) is 10.1. The van der Waals surface area contributed by atoms with Gasteiger partial charge in [0.1, 0.15) is 5.82 Å². The summed E-state index contributed by atoms with van der Waals surface area (Å²) in [5.41, 5.74) is 3.97. The fourth-order valence-electron chi connectivity index (χ4n) is 2.02. The first-order valence-corrected chi connectivity index (χ1v) is 7.77. The third kappa shape index (κ3) is 4.03. The van der Waals surface area contributed by atoms with E-state index in [0.717, 1.165) is 18.5 Å². The van der Waals surface area contributed by atoms with E-state index in [1.165, 1.54) is 4.88 Å². The quantitative estimate of drug-likeness (QED) is 0.634. The minimum absolute atomic E-state index is 0.0137. The molecule has 0 fully saturated rings. The predicted molar refractivity (Wildman–Crippen MR) is 86.4 cm³/mol. The summed E-state index contributed by atoms with van der Waals surface area (Å²) in [4.78, 5) is 19.8. The van der Waals surface area contributed by atoms with Crippen LogP contribution >= 0.6 is 11.3 Å². The molecule has 0 bridgehead atoms. The van der Waals surface area contributed by atoms with Crippen LogP contribution in [0.4, 0.5) is 5.82 Å². The summed E-state index contributed by atoms with van der Waals surface area (Å²) in [7, 11) is 1.82. The molecule has 2 rings (SSSR count). The SMILES string of the molecule is CCc1cc(C(=O)N(C)CCc2cccs2)cc(NN)n1. The highest BCUT2D eigenvalue weighted by molar-refractivity contribution is 7.09. The maximum atomic E-state index is 12.5. The summed E-state index contributed by atoms with van der Waals surface area (Å²) >= 11 is 1.71. The minimum atomic E-state index is -0.0137. The number of thiophene rings is 1. The van der Waals surface area contributed by atoms with E-state index in [2.05, 4.69) is 16.5 Å². The number of likely N-dealkylation sites (N-methyl/N-ethyl adjacent to an activating group) is 1. The molecule has 0 saturated heterocycles. The average Bonchev–Trinajstić information content (AvgIpc) is 3.04. The van der Waals surface area contributed by atoms with Gasteiger partial charge in [-0.1, -0.05) is 13.0 Å². The van der Waals surface area contributed by atoms with Gasteiger partial charge in [-0.3, -0.25) is 4.79 Å². The molecule has 0 aliphatic rings. The molecule has 0 atom stereocenters. The Balaban J connectivity index is 2.07. The lowest BCUT2D eigenvalue weighted by atomic mass is 10.1. The Hall–Kier alpha value is -1.92. The second kappa shape index (κ2) is 7.19. The normalized spacial score (nSPS) is 10.4. The molecule has 0 unspecified atom stereocenters. The van der Waals surface area contributed by atoms with Crippen LogP contribution in [0.25, 0.3) is 0 Å². The molecule has 0 radical (unpaired) electrons. The van der Waals surface area contributed by atoms with Crippen molar-refractivity contribution >= 4 is 23.1 Å². The Labute approximate surface area is 128 Å². The number of aromatic nitrogens is 1. The standard InChI is InChI=1S/C15H20N4OS/c1-3-12-9-11(10-14(17-12)18-16)15(20)19(2)7-6-13-5-4-8-21-13/h4-5,8-10H,3,6-7,16H2,1-2H3,(H,17,18).